The lowest BCUT2D eigenvalue weighted by atomic mass is 10.3. The van der Waals surface area contributed by atoms with Crippen molar-refractivity contribution in [3.05, 3.63) is 54.1 Å². The molecule has 0 atom stereocenters. The molecule has 90 valence electrons. The van der Waals surface area contributed by atoms with Crippen LogP contribution in [0.4, 0.5) is 0 Å². The summed E-state index contributed by atoms with van der Waals surface area (Å²) in [7, 11) is 0. The van der Waals surface area contributed by atoms with Crippen LogP contribution in [-0.2, 0) is 13.1 Å². The number of hydrogen-bond acceptors (Lipinski definition) is 4. The predicted octanol–water partition coefficient (Wildman–Crippen LogP) is 1.64. The lowest BCUT2D eigenvalue weighted by molar-refractivity contribution is 0.680. The van der Waals surface area contributed by atoms with E-state index in [2.05, 4.69) is 25.5 Å². The Kier molecular flexibility index (Phi) is 2.97. The van der Waals surface area contributed by atoms with E-state index < -0.39 is 0 Å². The van der Waals surface area contributed by atoms with Crippen LogP contribution in [0.2, 0.25) is 0 Å². The summed E-state index contributed by atoms with van der Waals surface area (Å²) in [5.41, 5.74) is 3.93. The van der Waals surface area contributed by atoms with Gasteiger partial charge < -0.3 is 5.32 Å². The van der Waals surface area contributed by atoms with Crippen LogP contribution in [-0.4, -0.2) is 20.2 Å². The van der Waals surface area contributed by atoms with Gasteiger partial charge in [0.1, 0.15) is 0 Å². The van der Waals surface area contributed by atoms with E-state index in [1.807, 2.05) is 36.7 Å². The van der Waals surface area contributed by atoms with Gasteiger partial charge in [0.15, 0.2) is 0 Å². The Morgan fingerprint density at radius 1 is 1.06 bits per heavy atom. The van der Waals surface area contributed by atoms with E-state index in [0.717, 1.165) is 28.8 Å². The van der Waals surface area contributed by atoms with Gasteiger partial charge in [-0.2, -0.15) is 5.10 Å². The molecule has 3 rings (SSSR count). The molecule has 0 aliphatic rings. The van der Waals surface area contributed by atoms with E-state index in [9.17, 15) is 0 Å². The zero-order valence-corrected chi connectivity index (χ0v) is 9.80. The molecule has 18 heavy (non-hydrogen) atoms. The standard InChI is InChI=1S/C13H13N5/c1-2-4-13-12(3-1)15-9-11(18-13)8-14-5-10-6-16-17-7-10/h1-4,6-7,9,14H,5,8H2,(H,16,17). The molecule has 2 heterocycles. The molecule has 3 aromatic rings. The molecule has 0 unspecified atom stereocenters. The van der Waals surface area contributed by atoms with Crippen molar-refractivity contribution in [1.29, 1.82) is 0 Å². The molecular formula is C13H13N5. The van der Waals surface area contributed by atoms with Crippen LogP contribution in [0.1, 0.15) is 11.3 Å². The zero-order valence-electron chi connectivity index (χ0n) is 9.80. The number of fused-ring (bicyclic) bond motifs is 1. The highest BCUT2D eigenvalue weighted by Gasteiger charge is 1.99. The molecule has 0 fully saturated rings. The molecule has 0 bridgehead atoms. The third-order valence-corrected chi connectivity index (χ3v) is 2.69. The summed E-state index contributed by atoms with van der Waals surface area (Å²) in [4.78, 5) is 8.92. The fourth-order valence-corrected chi connectivity index (χ4v) is 1.79. The predicted molar refractivity (Wildman–Crippen MR) is 68.7 cm³/mol. The Morgan fingerprint density at radius 2 is 1.94 bits per heavy atom. The number of aromatic nitrogens is 4. The molecule has 0 amide bonds. The Balaban J connectivity index is 1.67. The van der Waals surface area contributed by atoms with Crippen LogP contribution in [0.5, 0.6) is 0 Å². The largest absolute Gasteiger partial charge is 0.307 e. The summed E-state index contributed by atoms with van der Waals surface area (Å²) in [6, 6.07) is 7.88. The Labute approximate surface area is 104 Å². The number of nitrogens with one attached hydrogen (secondary N) is 2. The first-order valence-electron chi connectivity index (χ1n) is 5.81. The number of nitrogens with zero attached hydrogens (tertiary/aromatic N) is 3. The van der Waals surface area contributed by atoms with E-state index in [-0.39, 0.29) is 0 Å². The minimum atomic E-state index is 0.697. The third kappa shape index (κ3) is 2.36. The van der Waals surface area contributed by atoms with Gasteiger partial charge in [-0.05, 0) is 12.1 Å². The van der Waals surface area contributed by atoms with Crippen LogP contribution in [0, 0.1) is 0 Å². The second-order valence-corrected chi connectivity index (χ2v) is 4.06. The summed E-state index contributed by atoms with van der Waals surface area (Å²) >= 11 is 0. The molecule has 5 heteroatoms. The van der Waals surface area contributed by atoms with Gasteiger partial charge in [0.05, 0.1) is 29.1 Å². The number of aromatic amines is 1. The lowest BCUT2D eigenvalue weighted by Crippen LogP contribution is -2.13. The van der Waals surface area contributed by atoms with E-state index in [1.54, 1.807) is 6.20 Å². The van der Waals surface area contributed by atoms with Gasteiger partial charge in [0, 0.05) is 24.8 Å². The van der Waals surface area contributed by atoms with Crippen molar-refractivity contribution >= 4 is 11.0 Å². The van der Waals surface area contributed by atoms with E-state index in [1.165, 1.54) is 0 Å². The molecule has 2 N–H and O–H groups in total. The van der Waals surface area contributed by atoms with E-state index in [4.69, 9.17) is 0 Å². The average molecular weight is 239 g/mol. The fourth-order valence-electron chi connectivity index (χ4n) is 1.79. The number of benzene rings is 1. The minimum Gasteiger partial charge on any atom is -0.307 e. The quantitative estimate of drug-likeness (QED) is 0.726. The van der Waals surface area contributed by atoms with Crippen molar-refractivity contribution in [3.63, 3.8) is 0 Å². The summed E-state index contributed by atoms with van der Waals surface area (Å²) in [5, 5.41) is 9.99. The summed E-state index contributed by atoms with van der Waals surface area (Å²) < 4.78 is 0. The Hall–Kier alpha value is -2.27. The molecule has 0 saturated heterocycles. The number of para-hydroxylation sites is 2. The van der Waals surface area contributed by atoms with Crippen molar-refractivity contribution in [2.45, 2.75) is 13.1 Å². The second-order valence-electron chi connectivity index (χ2n) is 4.06. The molecular weight excluding hydrogens is 226 g/mol. The molecule has 1 aromatic carbocycles. The summed E-state index contributed by atoms with van der Waals surface area (Å²) in [6.45, 7) is 1.47. The second kappa shape index (κ2) is 4.93. The van der Waals surface area contributed by atoms with Crippen molar-refractivity contribution in [2.24, 2.45) is 0 Å². The SMILES string of the molecule is c1ccc2nc(CNCc3cn[nH]c3)cnc2c1. The third-order valence-electron chi connectivity index (χ3n) is 2.69. The Bertz CT molecular complexity index is 633. The molecule has 0 aliphatic heterocycles. The van der Waals surface area contributed by atoms with Crippen LogP contribution in [0.25, 0.3) is 11.0 Å². The van der Waals surface area contributed by atoms with Crippen LogP contribution in [0.15, 0.2) is 42.9 Å². The molecule has 0 saturated carbocycles. The summed E-state index contributed by atoms with van der Waals surface area (Å²) in [6.07, 6.45) is 5.49. The first-order chi connectivity index (χ1) is 8.92. The number of rotatable bonds is 4. The van der Waals surface area contributed by atoms with Gasteiger partial charge in [-0.15, -0.1) is 0 Å². The lowest BCUT2D eigenvalue weighted by Gasteiger charge is -2.03. The van der Waals surface area contributed by atoms with Crippen molar-refractivity contribution in [3.8, 4) is 0 Å². The first kappa shape index (κ1) is 10.9. The van der Waals surface area contributed by atoms with Gasteiger partial charge >= 0.3 is 0 Å². The maximum absolute atomic E-state index is 4.55. The maximum atomic E-state index is 4.55. The van der Waals surface area contributed by atoms with Gasteiger partial charge in [0.2, 0.25) is 0 Å². The van der Waals surface area contributed by atoms with Gasteiger partial charge in [-0.1, -0.05) is 12.1 Å². The van der Waals surface area contributed by atoms with Crippen molar-refractivity contribution in [2.75, 3.05) is 0 Å². The average Bonchev–Trinajstić information content (AvgIpc) is 2.92. The van der Waals surface area contributed by atoms with Crippen LogP contribution in [0.3, 0.4) is 0 Å². The van der Waals surface area contributed by atoms with Gasteiger partial charge in [-0.3, -0.25) is 10.1 Å². The Morgan fingerprint density at radius 3 is 2.78 bits per heavy atom. The summed E-state index contributed by atoms with van der Waals surface area (Å²) in [5.74, 6) is 0. The zero-order chi connectivity index (χ0) is 12.2. The highest BCUT2D eigenvalue weighted by Crippen LogP contribution is 2.08. The monoisotopic (exact) mass is 239 g/mol. The van der Waals surface area contributed by atoms with E-state index in [0.29, 0.717) is 6.54 Å². The van der Waals surface area contributed by atoms with Gasteiger partial charge in [-0.25, -0.2) is 4.98 Å². The van der Waals surface area contributed by atoms with Crippen LogP contribution >= 0.6 is 0 Å². The molecule has 2 aromatic heterocycles. The fraction of sp³-hybridized carbons (Fsp3) is 0.154. The minimum absolute atomic E-state index is 0.697. The molecule has 5 nitrogen and oxygen atoms in total. The topological polar surface area (TPSA) is 66.5 Å². The highest BCUT2D eigenvalue weighted by molar-refractivity contribution is 5.73. The van der Waals surface area contributed by atoms with Crippen LogP contribution < -0.4 is 5.32 Å². The highest BCUT2D eigenvalue weighted by atomic mass is 15.1. The molecule has 0 spiro atoms. The molecule has 0 radical (unpaired) electrons. The van der Waals surface area contributed by atoms with Crippen molar-refractivity contribution in [1.82, 2.24) is 25.5 Å². The molecule has 0 aliphatic carbocycles. The first-order valence-corrected chi connectivity index (χ1v) is 5.81. The smallest absolute Gasteiger partial charge is 0.0890 e. The van der Waals surface area contributed by atoms with Crippen molar-refractivity contribution < 1.29 is 0 Å². The number of H-pyrrole nitrogens is 1. The maximum Gasteiger partial charge on any atom is 0.0890 e. The normalized spacial score (nSPS) is 10.9. The van der Waals surface area contributed by atoms with E-state index >= 15 is 0 Å². The number of hydrogen-bond donors (Lipinski definition) is 2. The van der Waals surface area contributed by atoms with Gasteiger partial charge in [0.25, 0.3) is 0 Å².